The first kappa shape index (κ1) is 15.8. The molecule has 0 saturated carbocycles. The minimum atomic E-state index is -0.0166. The second-order valence-electron chi connectivity index (χ2n) is 5.39. The van der Waals surface area contributed by atoms with Crippen molar-refractivity contribution in [2.24, 2.45) is 0 Å². The van der Waals surface area contributed by atoms with Crippen LogP contribution in [0.5, 0.6) is 5.75 Å². The molecule has 1 aromatic heterocycles. The van der Waals surface area contributed by atoms with Gasteiger partial charge in [-0.15, -0.1) is 17.9 Å². The van der Waals surface area contributed by atoms with Crippen molar-refractivity contribution in [3.05, 3.63) is 58.8 Å². The molecule has 1 amide bonds. The zero-order valence-corrected chi connectivity index (χ0v) is 13.6. The predicted octanol–water partition coefficient (Wildman–Crippen LogP) is 3.44. The third-order valence-electron chi connectivity index (χ3n) is 3.45. The summed E-state index contributed by atoms with van der Waals surface area (Å²) in [4.78, 5) is 13.1. The first-order valence-electron chi connectivity index (χ1n) is 7.55. The molecule has 1 unspecified atom stereocenters. The topological polar surface area (TPSA) is 50.9 Å². The summed E-state index contributed by atoms with van der Waals surface area (Å²) in [5, 5.41) is 4.91. The van der Waals surface area contributed by atoms with Crippen LogP contribution in [0.3, 0.4) is 0 Å². The molecule has 1 aliphatic heterocycles. The molecule has 0 spiro atoms. The van der Waals surface area contributed by atoms with E-state index in [0.717, 1.165) is 28.5 Å². The van der Waals surface area contributed by atoms with E-state index in [-0.39, 0.29) is 12.0 Å². The van der Waals surface area contributed by atoms with Gasteiger partial charge in [-0.2, -0.15) is 0 Å². The molecule has 1 atom stereocenters. The summed E-state index contributed by atoms with van der Waals surface area (Å²) >= 11 is 1.58. The molecule has 23 heavy (non-hydrogen) atoms. The normalized spacial score (nSPS) is 15.9. The average molecular weight is 329 g/mol. The Morgan fingerprint density at radius 3 is 3.04 bits per heavy atom. The third kappa shape index (κ3) is 4.68. The van der Waals surface area contributed by atoms with Crippen LogP contribution in [0.25, 0.3) is 0 Å². The number of ether oxygens (including phenoxy) is 2. The van der Waals surface area contributed by atoms with E-state index in [9.17, 15) is 4.79 Å². The van der Waals surface area contributed by atoms with Gasteiger partial charge in [-0.25, -0.2) is 0 Å². The number of anilines is 1. The standard InChI is InChI=1S/C18H19NO3S/c1-2-4-13-9-14(6-7-17(13)22-12-15-11-21-15)19-18(20)10-16-5-3-8-23-16/h2-3,5-9,15H,1,4,10-12H2,(H,19,20). The van der Waals surface area contributed by atoms with E-state index in [4.69, 9.17) is 9.47 Å². The molecule has 0 bridgehead atoms. The van der Waals surface area contributed by atoms with Crippen LogP contribution < -0.4 is 10.1 Å². The molecule has 4 nitrogen and oxygen atoms in total. The molecule has 0 radical (unpaired) electrons. The Morgan fingerprint density at radius 2 is 2.35 bits per heavy atom. The molecule has 1 fully saturated rings. The number of benzene rings is 1. The van der Waals surface area contributed by atoms with Crippen LogP contribution in [0.4, 0.5) is 5.69 Å². The maximum atomic E-state index is 12.1. The summed E-state index contributed by atoms with van der Waals surface area (Å²) < 4.78 is 10.9. The quantitative estimate of drug-likeness (QED) is 0.596. The lowest BCUT2D eigenvalue weighted by Crippen LogP contribution is -2.14. The van der Waals surface area contributed by atoms with E-state index in [0.29, 0.717) is 19.4 Å². The van der Waals surface area contributed by atoms with Crippen LogP contribution in [-0.4, -0.2) is 25.2 Å². The fourth-order valence-electron chi connectivity index (χ4n) is 2.24. The molecule has 2 aromatic rings. The van der Waals surface area contributed by atoms with Crippen LogP contribution in [0.2, 0.25) is 0 Å². The van der Waals surface area contributed by atoms with Crippen molar-refractivity contribution < 1.29 is 14.3 Å². The van der Waals surface area contributed by atoms with E-state index >= 15 is 0 Å². The minimum absolute atomic E-state index is 0.0166. The Balaban J connectivity index is 1.65. The summed E-state index contributed by atoms with van der Waals surface area (Å²) in [5.74, 6) is 0.800. The fourth-order valence-corrected chi connectivity index (χ4v) is 2.94. The van der Waals surface area contributed by atoms with Gasteiger partial charge >= 0.3 is 0 Å². The van der Waals surface area contributed by atoms with E-state index < -0.39 is 0 Å². The Morgan fingerprint density at radius 1 is 1.48 bits per heavy atom. The zero-order valence-electron chi connectivity index (χ0n) is 12.8. The lowest BCUT2D eigenvalue weighted by Gasteiger charge is -2.12. The molecule has 1 saturated heterocycles. The Hall–Kier alpha value is -2.11. The van der Waals surface area contributed by atoms with Crippen LogP contribution >= 0.6 is 11.3 Å². The lowest BCUT2D eigenvalue weighted by atomic mass is 10.1. The molecule has 3 rings (SSSR count). The molecule has 1 aliphatic rings. The van der Waals surface area contributed by atoms with Crippen LogP contribution in [0.15, 0.2) is 48.4 Å². The number of rotatable bonds is 8. The van der Waals surface area contributed by atoms with Gasteiger partial charge in [-0.3, -0.25) is 4.79 Å². The van der Waals surface area contributed by atoms with Crippen molar-refractivity contribution in [3.63, 3.8) is 0 Å². The molecular formula is C18H19NO3S. The highest BCUT2D eigenvalue weighted by Crippen LogP contribution is 2.25. The molecule has 0 aliphatic carbocycles. The molecule has 2 heterocycles. The van der Waals surface area contributed by atoms with Gasteiger partial charge in [0, 0.05) is 10.6 Å². The largest absolute Gasteiger partial charge is 0.490 e. The van der Waals surface area contributed by atoms with E-state index in [1.54, 1.807) is 11.3 Å². The SMILES string of the molecule is C=CCc1cc(NC(=O)Cc2cccs2)ccc1OCC1CO1. The average Bonchev–Trinajstić information content (AvgIpc) is 3.22. The highest BCUT2D eigenvalue weighted by molar-refractivity contribution is 7.10. The van der Waals surface area contributed by atoms with Crippen molar-refractivity contribution >= 4 is 22.9 Å². The monoisotopic (exact) mass is 329 g/mol. The van der Waals surface area contributed by atoms with Gasteiger partial charge in [0.15, 0.2) is 0 Å². The van der Waals surface area contributed by atoms with Crippen molar-refractivity contribution in [2.45, 2.75) is 18.9 Å². The van der Waals surface area contributed by atoms with Crippen molar-refractivity contribution in [2.75, 3.05) is 18.5 Å². The Bertz CT molecular complexity index is 678. The van der Waals surface area contributed by atoms with Gasteiger partial charge in [-0.1, -0.05) is 12.1 Å². The van der Waals surface area contributed by atoms with Crippen molar-refractivity contribution in [1.29, 1.82) is 0 Å². The van der Waals surface area contributed by atoms with Gasteiger partial charge in [-0.05, 0) is 41.6 Å². The van der Waals surface area contributed by atoms with Crippen molar-refractivity contribution in [1.82, 2.24) is 0 Å². The molecular weight excluding hydrogens is 310 g/mol. The predicted molar refractivity (Wildman–Crippen MR) is 92.2 cm³/mol. The number of thiophene rings is 1. The second-order valence-corrected chi connectivity index (χ2v) is 6.42. The summed E-state index contributed by atoms with van der Waals surface area (Å²) in [6.45, 7) is 5.11. The minimum Gasteiger partial charge on any atom is -0.490 e. The highest BCUT2D eigenvalue weighted by Gasteiger charge is 2.23. The molecule has 1 aromatic carbocycles. The van der Waals surface area contributed by atoms with Crippen LogP contribution in [0, 0.1) is 0 Å². The molecule has 5 heteroatoms. The maximum absolute atomic E-state index is 12.1. The van der Waals surface area contributed by atoms with Crippen LogP contribution in [0.1, 0.15) is 10.4 Å². The highest BCUT2D eigenvalue weighted by atomic mass is 32.1. The number of carbonyl (C=O) groups is 1. The number of nitrogens with one attached hydrogen (secondary N) is 1. The first-order chi connectivity index (χ1) is 11.2. The zero-order chi connectivity index (χ0) is 16.1. The summed E-state index contributed by atoms with van der Waals surface area (Å²) in [6, 6.07) is 9.61. The van der Waals surface area contributed by atoms with Gasteiger partial charge in [0.2, 0.25) is 5.91 Å². The fraction of sp³-hybridized carbons (Fsp3) is 0.278. The number of amides is 1. The van der Waals surface area contributed by atoms with Crippen molar-refractivity contribution in [3.8, 4) is 5.75 Å². The number of hydrogen-bond donors (Lipinski definition) is 1. The van der Waals surface area contributed by atoms with Gasteiger partial charge in [0.25, 0.3) is 0 Å². The van der Waals surface area contributed by atoms with Crippen LogP contribution in [-0.2, 0) is 22.4 Å². The third-order valence-corrected chi connectivity index (χ3v) is 4.33. The number of hydrogen-bond acceptors (Lipinski definition) is 4. The Kier molecular flexibility index (Phi) is 5.10. The summed E-state index contributed by atoms with van der Waals surface area (Å²) in [7, 11) is 0. The maximum Gasteiger partial charge on any atom is 0.229 e. The smallest absolute Gasteiger partial charge is 0.229 e. The molecule has 120 valence electrons. The van der Waals surface area contributed by atoms with E-state index in [1.165, 1.54) is 0 Å². The van der Waals surface area contributed by atoms with E-state index in [1.807, 2.05) is 41.8 Å². The van der Waals surface area contributed by atoms with Gasteiger partial charge in [0.1, 0.15) is 18.5 Å². The van der Waals surface area contributed by atoms with E-state index in [2.05, 4.69) is 11.9 Å². The number of carbonyl (C=O) groups excluding carboxylic acids is 1. The van der Waals surface area contributed by atoms with Gasteiger partial charge in [0.05, 0.1) is 13.0 Å². The Labute approximate surface area is 139 Å². The second kappa shape index (κ2) is 7.44. The number of epoxide rings is 1. The van der Waals surface area contributed by atoms with Gasteiger partial charge < -0.3 is 14.8 Å². The first-order valence-corrected chi connectivity index (χ1v) is 8.43. The summed E-state index contributed by atoms with van der Waals surface area (Å²) in [6.07, 6.45) is 3.13. The molecule has 1 N–H and O–H groups in total. The lowest BCUT2D eigenvalue weighted by molar-refractivity contribution is -0.115. The summed E-state index contributed by atoms with van der Waals surface area (Å²) in [5.41, 5.74) is 1.79. The number of allylic oxidation sites excluding steroid dienone is 1.